The van der Waals surface area contributed by atoms with Crippen molar-refractivity contribution in [2.24, 2.45) is 16.7 Å². The summed E-state index contributed by atoms with van der Waals surface area (Å²) < 4.78 is 0. The van der Waals surface area contributed by atoms with E-state index in [0.29, 0.717) is 0 Å². The summed E-state index contributed by atoms with van der Waals surface area (Å²) in [5.74, 6) is 5.30. The van der Waals surface area contributed by atoms with Gasteiger partial charge in [-0.2, -0.15) is 0 Å². The van der Waals surface area contributed by atoms with Crippen molar-refractivity contribution in [1.82, 2.24) is 5.43 Å². The lowest BCUT2D eigenvalue weighted by Crippen LogP contribution is -2.52. The van der Waals surface area contributed by atoms with E-state index in [2.05, 4.69) is 26.2 Å². The van der Waals surface area contributed by atoms with E-state index in [0.717, 1.165) is 25.7 Å². The van der Waals surface area contributed by atoms with Crippen molar-refractivity contribution in [2.45, 2.75) is 52.9 Å². The first-order chi connectivity index (χ1) is 6.44. The first-order valence-corrected chi connectivity index (χ1v) is 5.45. The molecular formula is C11H22N2O. The summed E-state index contributed by atoms with van der Waals surface area (Å²) in [5.41, 5.74) is 2.09. The molecule has 0 saturated heterocycles. The lowest BCUT2D eigenvalue weighted by Gasteiger charge is -2.45. The van der Waals surface area contributed by atoms with Gasteiger partial charge < -0.3 is 0 Å². The Bertz CT molecular complexity index is 212. The van der Waals surface area contributed by atoms with E-state index in [1.165, 1.54) is 6.42 Å². The lowest BCUT2D eigenvalue weighted by atomic mass is 9.59. The quantitative estimate of drug-likeness (QED) is 0.384. The number of rotatable bonds is 1. The second kappa shape index (κ2) is 3.89. The summed E-state index contributed by atoms with van der Waals surface area (Å²) in [6.45, 7) is 6.40. The number of amides is 1. The Kier molecular flexibility index (Phi) is 3.20. The molecule has 3 heteroatoms. The Morgan fingerprint density at radius 3 is 2.07 bits per heavy atom. The van der Waals surface area contributed by atoms with Crippen molar-refractivity contribution in [3.63, 3.8) is 0 Å². The second-order valence-electron chi connectivity index (χ2n) is 5.37. The van der Waals surface area contributed by atoms with Crippen LogP contribution < -0.4 is 11.3 Å². The maximum Gasteiger partial charge on any atom is 0.240 e. The molecular weight excluding hydrogens is 176 g/mol. The van der Waals surface area contributed by atoms with Crippen LogP contribution in [0, 0.1) is 10.8 Å². The molecule has 1 aliphatic rings. The lowest BCUT2D eigenvalue weighted by molar-refractivity contribution is -0.140. The monoisotopic (exact) mass is 198 g/mol. The predicted molar refractivity (Wildman–Crippen MR) is 57.3 cm³/mol. The largest absolute Gasteiger partial charge is 0.294 e. The van der Waals surface area contributed by atoms with Gasteiger partial charge in [0.15, 0.2) is 0 Å². The summed E-state index contributed by atoms with van der Waals surface area (Å²) in [7, 11) is 0. The Balaban J connectivity index is 2.94. The normalized spacial score (nSPS) is 21.7. The minimum absolute atomic E-state index is 0.00310. The fraction of sp³-hybridized carbons (Fsp3) is 0.909. The number of carbonyl (C=O) groups excluding carboxylic acids is 1. The molecule has 0 aromatic carbocycles. The molecule has 0 heterocycles. The van der Waals surface area contributed by atoms with Gasteiger partial charge in [-0.1, -0.05) is 40.0 Å². The van der Waals surface area contributed by atoms with Crippen molar-refractivity contribution in [3.05, 3.63) is 0 Å². The fourth-order valence-corrected chi connectivity index (χ4v) is 2.61. The number of nitrogens with two attached hydrogens (primary N) is 1. The molecule has 0 radical (unpaired) electrons. The summed E-state index contributed by atoms with van der Waals surface area (Å²) in [6.07, 6.45) is 5.48. The fourth-order valence-electron chi connectivity index (χ4n) is 2.61. The van der Waals surface area contributed by atoms with Crippen LogP contribution in [0.3, 0.4) is 0 Å². The van der Waals surface area contributed by atoms with Gasteiger partial charge in [0.05, 0.1) is 5.41 Å². The van der Waals surface area contributed by atoms with Crippen LogP contribution >= 0.6 is 0 Å². The first kappa shape index (κ1) is 11.5. The van der Waals surface area contributed by atoms with Crippen molar-refractivity contribution < 1.29 is 4.79 Å². The molecule has 1 aliphatic carbocycles. The SMILES string of the molecule is CC(C)(C)C1(C(=O)NN)CCCCC1. The van der Waals surface area contributed by atoms with Gasteiger partial charge in [-0.15, -0.1) is 0 Å². The van der Waals surface area contributed by atoms with Gasteiger partial charge in [0.25, 0.3) is 0 Å². The maximum absolute atomic E-state index is 11.9. The minimum atomic E-state index is -0.250. The molecule has 1 amide bonds. The van der Waals surface area contributed by atoms with Gasteiger partial charge in [-0.05, 0) is 18.3 Å². The summed E-state index contributed by atoms with van der Waals surface area (Å²) in [5, 5.41) is 0. The van der Waals surface area contributed by atoms with Gasteiger partial charge in [0.1, 0.15) is 0 Å². The number of hydrogen-bond acceptors (Lipinski definition) is 2. The second-order valence-corrected chi connectivity index (χ2v) is 5.37. The molecule has 0 aliphatic heterocycles. The zero-order valence-corrected chi connectivity index (χ0v) is 9.52. The molecule has 0 unspecified atom stereocenters. The average molecular weight is 198 g/mol. The predicted octanol–water partition coefficient (Wildman–Crippen LogP) is 1.97. The van der Waals surface area contributed by atoms with Crippen LogP contribution in [-0.4, -0.2) is 5.91 Å². The molecule has 0 atom stereocenters. The van der Waals surface area contributed by atoms with Gasteiger partial charge in [-0.25, -0.2) is 5.84 Å². The van der Waals surface area contributed by atoms with E-state index < -0.39 is 0 Å². The molecule has 1 fully saturated rings. The van der Waals surface area contributed by atoms with E-state index in [9.17, 15) is 4.79 Å². The molecule has 3 N–H and O–H groups in total. The molecule has 82 valence electrons. The number of nitrogens with one attached hydrogen (secondary N) is 1. The van der Waals surface area contributed by atoms with Crippen molar-refractivity contribution in [1.29, 1.82) is 0 Å². The maximum atomic E-state index is 11.9. The Labute approximate surface area is 86.4 Å². The van der Waals surface area contributed by atoms with Crippen LogP contribution in [0.15, 0.2) is 0 Å². The molecule has 1 rings (SSSR count). The van der Waals surface area contributed by atoms with Crippen LogP contribution in [0.5, 0.6) is 0 Å². The van der Waals surface area contributed by atoms with E-state index in [1.807, 2.05) is 0 Å². The Morgan fingerprint density at radius 1 is 1.21 bits per heavy atom. The van der Waals surface area contributed by atoms with Crippen LogP contribution in [-0.2, 0) is 4.79 Å². The zero-order valence-electron chi connectivity index (χ0n) is 9.52. The van der Waals surface area contributed by atoms with Gasteiger partial charge in [0, 0.05) is 0 Å². The summed E-state index contributed by atoms with van der Waals surface area (Å²) in [4.78, 5) is 11.9. The molecule has 0 aromatic heterocycles. The van der Waals surface area contributed by atoms with E-state index in [4.69, 9.17) is 5.84 Å². The van der Waals surface area contributed by atoms with E-state index in [1.54, 1.807) is 0 Å². The highest BCUT2D eigenvalue weighted by atomic mass is 16.2. The molecule has 0 bridgehead atoms. The summed E-state index contributed by atoms with van der Waals surface area (Å²) in [6, 6.07) is 0. The standard InChI is InChI=1S/C11H22N2O/c1-10(2,3)11(9(14)13-12)7-5-4-6-8-11/h4-8,12H2,1-3H3,(H,13,14). The van der Waals surface area contributed by atoms with Crippen molar-refractivity contribution in [3.8, 4) is 0 Å². The number of hydrazine groups is 1. The van der Waals surface area contributed by atoms with E-state index >= 15 is 0 Å². The number of carbonyl (C=O) groups is 1. The first-order valence-electron chi connectivity index (χ1n) is 5.45. The number of hydrogen-bond donors (Lipinski definition) is 2. The minimum Gasteiger partial charge on any atom is -0.294 e. The van der Waals surface area contributed by atoms with E-state index in [-0.39, 0.29) is 16.7 Å². The third-order valence-corrected chi connectivity index (χ3v) is 3.71. The smallest absolute Gasteiger partial charge is 0.240 e. The summed E-state index contributed by atoms with van der Waals surface area (Å²) >= 11 is 0. The highest BCUT2D eigenvalue weighted by molar-refractivity contribution is 5.83. The molecule has 14 heavy (non-hydrogen) atoms. The van der Waals surface area contributed by atoms with Gasteiger partial charge in [0.2, 0.25) is 5.91 Å². The van der Waals surface area contributed by atoms with Crippen LogP contribution in [0.2, 0.25) is 0 Å². The van der Waals surface area contributed by atoms with Crippen LogP contribution in [0.1, 0.15) is 52.9 Å². The topological polar surface area (TPSA) is 55.1 Å². The molecule has 1 saturated carbocycles. The molecule has 0 aromatic rings. The van der Waals surface area contributed by atoms with Crippen molar-refractivity contribution >= 4 is 5.91 Å². The van der Waals surface area contributed by atoms with Crippen LogP contribution in [0.4, 0.5) is 0 Å². The molecule has 3 nitrogen and oxygen atoms in total. The van der Waals surface area contributed by atoms with Crippen LogP contribution in [0.25, 0.3) is 0 Å². The Morgan fingerprint density at radius 2 is 1.71 bits per heavy atom. The van der Waals surface area contributed by atoms with Crippen molar-refractivity contribution in [2.75, 3.05) is 0 Å². The zero-order chi connectivity index (χ0) is 10.8. The average Bonchev–Trinajstić information content (AvgIpc) is 2.16. The Hall–Kier alpha value is -0.570. The highest BCUT2D eigenvalue weighted by Gasteiger charge is 2.48. The highest BCUT2D eigenvalue weighted by Crippen LogP contribution is 2.49. The van der Waals surface area contributed by atoms with Gasteiger partial charge >= 0.3 is 0 Å². The third-order valence-electron chi connectivity index (χ3n) is 3.71. The van der Waals surface area contributed by atoms with Gasteiger partial charge in [-0.3, -0.25) is 10.2 Å². The third kappa shape index (κ3) is 1.78. The molecule has 0 spiro atoms.